The number of nitro groups is 1. The van der Waals surface area contributed by atoms with Gasteiger partial charge in [0.1, 0.15) is 5.69 Å². The second-order valence-electron chi connectivity index (χ2n) is 4.42. The van der Waals surface area contributed by atoms with E-state index in [1.807, 2.05) is 0 Å². The number of carbonyl (C=O) groups excluding carboxylic acids is 1. The third kappa shape index (κ3) is 3.19. The molecule has 1 aromatic carbocycles. The van der Waals surface area contributed by atoms with Gasteiger partial charge in [-0.2, -0.15) is 0 Å². The Labute approximate surface area is 109 Å². The molecule has 102 valence electrons. The highest BCUT2D eigenvalue weighted by atomic mass is 16.6. The Morgan fingerprint density at radius 3 is 2.95 bits per heavy atom. The van der Waals surface area contributed by atoms with E-state index in [1.165, 1.54) is 18.2 Å². The third-order valence-corrected chi connectivity index (χ3v) is 2.98. The molecule has 1 heterocycles. The second kappa shape index (κ2) is 5.66. The molecule has 0 saturated carbocycles. The predicted molar refractivity (Wildman–Crippen MR) is 68.8 cm³/mol. The fourth-order valence-electron chi connectivity index (χ4n) is 1.97. The lowest BCUT2D eigenvalue weighted by molar-refractivity contribution is -0.383. The largest absolute Gasteiger partial charge is 0.393 e. The van der Waals surface area contributed by atoms with Gasteiger partial charge in [0.15, 0.2) is 0 Å². The summed E-state index contributed by atoms with van der Waals surface area (Å²) in [6.07, 6.45) is 1.75. The third-order valence-electron chi connectivity index (χ3n) is 2.98. The standard InChI is InChI=1S/C12H15N3O4/c13-10-4-3-8(6-11(10)15(17)18)12(16)14-9-2-1-5-19-7-9/h3-4,6,9H,1-2,5,7,13H2,(H,14,16). The molecule has 2 rings (SSSR count). The summed E-state index contributed by atoms with van der Waals surface area (Å²) in [5.41, 5.74) is 5.50. The summed E-state index contributed by atoms with van der Waals surface area (Å²) in [5.74, 6) is -0.349. The molecule has 19 heavy (non-hydrogen) atoms. The van der Waals surface area contributed by atoms with Gasteiger partial charge in [-0.15, -0.1) is 0 Å². The maximum absolute atomic E-state index is 12.0. The van der Waals surface area contributed by atoms with Crippen LogP contribution < -0.4 is 11.1 Å². The van der Waals surface area contributed by atoms with Crippen LogP contribution in [0.25, 0.3) is 0 Å². The minimum atomic E-state index is -0.601. The number of hydrogen-bond acceptors (Lipinski definition) is 5. The molecule has 1 aliphatic rings. The van der Waals surface area contributed by atoms with Crippen molar-refractivity contribution in [3.05, 3.63) is 33.9 Å². The van der Waals surface area contributed by atoms with Gasteiger partial charge in [0, 0.05) is 18.2 Å². The fourth-order valence-corrected chi connectivity index (χ4v) is 1.97. The average Bonchev–Trinajstić information content (AvgIpc) is 2.40. The Morgan fingerprint density at radius 1 is 1.53 bits per heavy atom. The van der Waals surface area contributed by atoms with E-state index in [9.17, 15) is 14.9 Å². The molecule has 1 fully saturated rings. The zero-order valence-electron chi connectivity index (χ0n) is 10.3. The highest BCUT2D eigenvalue weighted by Crippen LogP contribution is 2.22. The normalized spacial score (nSPS) is 18.8. The minimum absolute atomic E-state index is 0.0436. The van der Waals surface area contributed by atoms with Crippen molar-refractivity contribution in [3.63, 3.8) is 0 Å². The summed E-state index contributed by atoms with van der Waals surface area (Å²) in [6, 6.07) is 3.98. The molecule has 3 N–H and O–H groups in total. The Morgan fingerprint density at radius 2 is 2.32 bits per heavy atom. The molecule has 1 amide bonds. The summed E-state index contributed by atoms with van der Waals surface area (Å²) in [7, 11) is 0. The van der Waals surface area contributed by atoms with Crippen LogP contribution in [0.15, 0.2) is 18.2 Å². The molecule has 7 heteroatoms. The van der Waals surface area contributed by atoms with E-state index in [0.29, 0.717) is 13.2 Å². The Bertz CT molecular complexity index is 498. The van der Waals surface area contributed by atoms with Gasteiger partial charge in [-0.3, -0.25) is 14.9 Å². The van der Waals surface area contributed by atoms with Crippen LogP contribution in [0.5, 0.6) is 0 Å². The van der Waals surface area contributed by atoms with Crippen molar-refractivity contribution in [2.75, 3.05) is 18.9 Å². The number of nitrogens with two attached hydrogens (primary N) is 1. The topological polar surface area (TPSA) is 107 Å². The molecule has 1 aromatic rings. The van der Waals surface area contributed by atoms with Crippen LogP contribution in [-0.4, -0.2) is 30.1 Å². The number of anilines is 1. The molecule has 0 spiro atoms. The lowest BCUT2D eigenvalue weighted by Crippen LogP contribution is -2.40. The van der Waals surface area contributed by atoms with Crippen molar-refractivity contribution >= 4 is 17.3 Å². The van der Waals surface area contributed by atoms with E-state index >= 15 is 0 Å². The van der Waals surface area contributed by atoms with E-state index in [0.717, 1.165) is 12.8 Å². The number of nitrogen functional groups attached to an aromatic ring is 1. The van der Waals surface area contributed by atoms with E-state index in [4.69, 9.17) is 10.5 Å². The zero-order chi connectivity index (χ0) is 13.8. The molecular weight excluding hydrogens is 250 g/mol. The lowest BCUT2D eigenvalue weighted by Gasteiger charge is -2.23. The quantitative estimate of drug-likeness (QED) is 0.483. The second-order valence-corrected chi connectivity index (χ2v) is 4.42. The van der Waals surface area contributed by atoms with Crippen LogP contribution >= 0.6 is 0 Å². The molecule has 0 aromatic heterocycles. The van der Waals surface area contributed by atoms with Crippen molar-refractivity contribution in [3.8, 4) is 0 Å². The summed E-state index contributed by atoms with van der Waals surface area (Å²) < 4.78 is 5.26. The fraction of sp³-hybridized carbons (Fsp3) is 0.417. The SMILES string of the molecule is Nc1ccc(C(=O)NC2CCCOC2)cc1[N+](=O)[O-]. The van der Waals surface area contributed by atoms with Crippen LogP contribution in [0.1, 0.15) is 23.2 Å². The maximum atomic E-state index is 12.0. The summed E-state index contributed by atoms with van der Waals surface area (Å²) in [4.78, 5) is 22.1. The van der Waals surface area contributed by atoms with Gasteiger partial charge in [0.05, 0.1) is 17.6 Å². The monoisotopic (exact) mass is 265 g/mol. The van der Waals surface area contributed by atoms with Crippen LogP contribution in [0.4, 0.5) is 11.4 Å². The number of carbonyl (C=O) groups is 1. The summed E-state index contributed by atoms with van der Waals surface area (Å²) in [5, 5.41) is 13.6. The first-order chi connectivity index (χ1) is 9.08. The first-order valence-electron chi connectivity index (χ1n) is 6.00. The van der Waals surface area contributed by atoms with Crippen molar-refractivity contribution in [2.45, 2.75) is 18.9 Å². The number of rotatable bonds is 3. The lowest BCUT2D eigenvalue weighted by atomic mass is 10.1. The molecule has 1 unspecified atom stereocenters. The van der Waals surface area contributed by atoms with Gasteiger partial charge in [-0.25, -0.2) is 0 Å². The molecule has 1 aliphatic heterocycles. The zero-order valence-corrected chi connectivity index (χ0v) is 10.3. The van der Waals surface area contributed by atoms with Gasteiger partial charge >= 0.3 is 0 Å². The van der Waals surface area contributed by atoms with Crippen molar-refractivity contribution in [1.29, 1.82) is 0 Å². The van der Waals surface area contributed by atoms with Crippen molar-refractivity contribution in [2.24, 2.45) is 0 Å². The number of hydrogen-bond donors (Lipinski definition) is 2. The van der Waals surface area contributed by atoms with E-state index < -0.39 is 4.92 Å². The van der Waals surface area contributed by atoms with Gasteiger partial charge in [-0.05, 0) is 25.0 Å². The number of benzene rings is 1. The van der Waals surface area contributed by atoms with Gasteiger partial charge in [0.2, 0.25) is 0 Å². The van der Waals surface area contributed by atoms with E-state index in [-0.39, 0.29) is 28.9 Å². The first kappa shape index (κ1) is 13.3. The maximum Gasteiger partial charge on any atom is 0.292 e. The molecule has 0 bridgehead atoms. The van der Waals surface area contributed by atoms with E-state index in [2.05, 4.69) is 5.32 Å². The van der Waals surface area contributed by atoms with Crippen LogP contribution in [0, 0.1) is 10.1 Å². The molecular formula is C12H15N3O4. The highest BCUT2D eigenvalue weighted by Gasteiger charge is 2.19. The predicted octanol–water partition coefficient (Wildman–Crippen LogP) is 1.09. The number of nitro benzene ring substituents is 1. The van der Waals surface area contributed by atoms with Gasteiger partial charge in [0.25, 0.3) is 11.6 Å². The minimum Gasteiger partial charge on any atom is -0.393 e. The summed E-state index contributed by atoms with van der Waals surface area (Å²) in [6.45, 7) is 1.18. The van der Waals surface area contributed by atoms with Crippen molar-refractivity contribution in [1.82, 2.24) is 5.32 Å². The number of amides is 1. The Hall–Kier alpha value is -2.15. The number of ether oxygens (including phenoxy) is 1. The molecule has 1 atom stereocenters. The van der Waals surface area contributed by atoms with Crippen LogP contribution in [0.3, 0.4) is 0 Å². The van der Waals surface area contributed by atoms with Gasteiger partial charge < -0.3 is 15.8 Å². The molecule has 7 nitrogen and oxygen atoms in total. The van der Waals surface area contributed by atoms with Gasteiger partial charge in [-0.1, -0.05) is 0 Å². The highest BCUT2D eigenvalue weighted by molar-refractivity contribution is 5.95. The molecule has 0 radical (unpaired) electrons. The molecule has 0 aliphatic carbocycles. The average molecular weight is 265 g/mol. The first-order valence-corrected chi connectivity index (χ1v) is 6.00. The number of nitrogens with one attached hydrogen (secondary N) is 1. The molecule has 1 saturated heterocycles. The van der Waals surface area contributed by atoms with Crippen molar-refractivity contribution < 1.29 is 14.5 Å². The number of nitrogens with zero attached hydrogens (tertiary/aromatic N) is 1. The van der Waals surface area contributed by atoms with Crippen LogP contribution in [-0.2, 0) is 4.74 Å². The Balaban J connectivity index is 2.10. The van der Waals surface area contributed by atoms with Crippen LogP contribution in [0.2, 0.25) is 0 Å². The summed E-state index contributed by atoms with van der Waals surface area (Å²) >= 11 is 0. The van der Waals surface area contributed by atoms with E-state index in [1.54, 1.807) is 0 Å². The Kier molecular flexibility index (Phi) is 3.96. The smallest absolute Gasteiger partial charge is 0.292 e.